The molecule has 2 aliphatic heterocycles. The molecule has 26 heavy (non-hydrogen) atoms. The number of hydrogen-bond donors (Lipinski definition) is 1. The van der Waals surface area contributed by atoms with Gasteiger partial charge in [-0.3, -0.25) is 4.79 Å². The predicted molar refractivity (Wildman–Crippen MR) is 107 cm³/mol. The highest BCUT2D eigenvalue weighted by Crippen LogP contribution is 2.39. The van der Waals surface area contributed by atoms with Gasteiger partial charge in [-0.2, -0.15) is 0 Å². The number of carbonyl (C=O) groups excluding carboxylic acids is 1. The van der Waals surface area contributed by atoms with E-state index in [1.807, 2.05) is 48.5 Å². The smallest absolute Gasteiger partial charge is 0.173 e. The first-order valence-corrected chi connectivity index (χ1v) is 9.46. The molecule has 2 aromatic carbocycles. The lowest BCUT2D eigenvalue weighted by Gasteiger charge is -2.44. The van der Waals surface area contributed by atoms with Gasteiger partial charge in [0.05, 0.1) is 12.0 Å². The highest BCUT2D eigenvalue weighted by Gasteiger charge is 2.43. The van der Waals surface area contributed by atoms with Gasteiger partial charge >= 0.3 is 0 Å². The van der Waals surface area contributed by atoms with Crippen molar-refractivity contribution in [1.29, 1.82) is 0 Å². The maximum Gasteiger partial charge on any atom is 0.173 e. The zero-order chi connectivity index (χ0) is 18.1. The highest BCUT2D eigenvalue weighted by atomic mass is 35.5. The summed E-state index contributed by atoms with van der Waals surface area (Å²) in [5.74, 6) is 0.872. The van der Waals surface area contributed by atoms with Crippen molar-refractivity contribution >= 4 is 40.4 Å². The Morgan fingerprint density at radius 1 is 1.15 bits per heavy atom. The van der Waals surface area contributed by atoms with Crippen molar-refractivity contribution in [3.63, 3.8) is 0 Å². The fourth-order valence-corrected chi connectivity index (χ4v) is 4.10. The van der Waals surface area contributed by atoms with Crippen molar-refractivity contribution < 1.29 is 9.53 Å². The maximum atomic E-state index is 12.5. The fraction of sp³-hybridized carbons (Fsp3) is 0.300. The van der Waals surface area contributed by atoms with E-state index in [2.05, 4.69) is 10.2 Å². The van der Waals surface area contributed by atoms with E-state index in [9.17, 15) is 4.79 Å². The number of hydrogen-bond acceptors (Lipinski definition) is 3. The number of fused-ring (bicyclic) bond motifs is 1. The Kier molecular flexibility index (Phi) is 4.59. The number of carbonyl (C=O) groups is 1. The van der Waals surface area contributed by atoms with Crippen molar-refractivity contribution in [1.82, 2.24) is 4.90 Å². The second kappa shape index (κ2) is 6.89. The Labute approximate surface area is 163 Å². The number of para-hydroxylation sites is 1. The molecule has 2 heterocycles. The molecule has 6 heteroatoms. The SMILES string of the molecule is O=C1CC2(CCN(C(=S)Nc3cccc(Cl)c3)CC2)Oc2ccccc21. The number of anilines is 1. The average Bonchev–Trinajstić information content (AvgIpc) is 2.62. The molecule has 0 atom stereocenters. The monoisotopic (exact) mass is 386 g/mol. The van der Waals surface area contributed by atoms with E-state index in [4.69, 9.17) is 28.6 Å². The van der Waals surface area contributed by atoms with Crippen LogP contribution in [0.25, 0.3) is 0 Å². The third-order valence-corrected chi connectivity index (χ3v) is 5.63. The van der Waals surface area contributed by atoms with Crippen LogP contribution in [-0.4, -0.2) is 34.5 Å². The molecule has 0 bridgehead atoms. The summed E-state index contributed by atoms with van der Waals surface area (Å²) < 4.78 is 6.26. The van der Waals surface area contributed by atoms with Crippen LogP contribution in [-0.2, 0) is 0 Å². The molecule has 2 aliphatic rings. The number of thiocarbonyl (C=S) groups is 1. The summed E-state index contributed by atoms with van der Waals surface area (Å²) in [4.78, 5) is 14.6. The van der Waals surface area contributed by atoms with E-state index in [-0.39, 0.29) is 5.78 Å². The van der Waals surface area contributed by atoms with E-state index in [0.717, 1.165) is 31.6 Å². The molecule has 1 spiro atoms. The average molecular weight is 387 g/mol. The Bertz CT molecular complexity index is 862. The molecule has 4 rings (SSSR count). The summed E-state index contributed by atoms with van der Waals surface area (Å²) in [6.07, 6.45) is 1.97. The highest BCUT2D eigenvalue weighted by molar-refractivity contribution is 7.80. The summed E-state index contributed by atoms with van der Waals surface area (Å²) in [5.41, 5.74) is 1.16. The standard InChI is InChI=1S/C20H19ClN2O2S/c21-14-4-3-5-15(12-14)22-19(26)23-10-8-20(9-11-23)13-17(24)16-6-1-2-7-18(16)25-20/h1-7,12H,8-11,13H2,(H,22,26). The number of likely N-dealkylation sites (tertiary alicyclic amines) is 1. The van der Waals surface area contributed by atoms with Gasteiger partial charge in [-0.05, 0) is 42.5 Å². The van der Waals surface area contributed by atoms with Gasteiger partial charge in [0.2, 0.25) is 0 Å². The molecule has 0 saturated carbocycles. The molecule has 0 amide bonds. The lowest BCUT2D eigenvalue weighted by Crippen LogP contribution is -2.52. The zero-order valence-corrected chi connectivity index (χ0v) is 15.8. The normalized spacial score (nSPS) is 18.2. The van der Waals surface area contributed by atoms with E-state index in [0.29, 0.717) is 27.9 Å². The molecule has 0 radical (unpaired) electrons. The largest absolute Gasteiger partial charge is 0.486 e. The summed E-state index contributed by atoms with van der Waals surface area (Å²) in [7, 11) is 0. The summed E-state index contributed by atoms with van der Waals surface area (Å²) in [6, 6.07) is 15.0. The third-order valence-electron chi connectivity index (χ3n) is 5.03. The van der Waals surface area contributed by atoms with Gasteiger partial charge in [-0.15, -0.1) is 0 Å². The van der Waals surface area contributed by atoms with Gasteiger partial charge in [-0.25, -0.2) is 0 Å². The molecule has 1 fully saturated rings. The Balaban J connectivity index is 1.41. The lowest BCUT2D eigenvalue weighted by atomic mass is 9.82. The molecule has 1 saturated heterocycles. The molecule has 0 unspecified atom stereocenters. The van der Waals surface area contributed by atoms with Crippen LogP contribution >= 0.6 is 23.8 Å². The van der Waals surface area contributed by atoms with Gasteiger partial charge in [0.15, 0.2) is 10.9 Å². The fourth-order valence-electron chi connectivity index (χ4n) is 3.61. The first-order valence-electron chi connectivity index (χ1n) is 8.67. The van der Waals surface area contributed by atoms with Gasteiger partial charge in [0, 0.05) is 36.6 Å². The number of nitrogens with zero attached hydrogens (tertiary/aromatic N) is 1. The Morgan fingerprint density at radius 2 is 1.92 bits per heavy atom. The number of ether oxygens (including phenoxy) is 1. The van der Waals surface area contributed by atoms with Crippen molar-refractivity contribution in [3.05, 3.63) is 59.1 Å². The van der Waals surface area contributed by atoms with Crippen LogP contribution in [0.15, 0.2) is 48.5 Å². The molecule has 4 nitrogen and oxygen atoms in total. The molecular weight excluding hydrogens is 368 g/mol. The topological polar surface area (TPSA) is 41.6 Å². The molecule has 0 aliphatic carbocycles. The van der Waals surface area contributed by atoms with Gasteiger partial charge in [-0.1, -0.05) is 29.8 Å². The number of rotatable bonds is 1. The maximum absolute atomic E-state index is 12.5. The van der Waals surface area contributed by atoms with Crippen LogP contribution in [0, 0.1) is 0 Å². The number of Topliss-reactive ketones (excluding diaryl/α,β-unsaturated/α-hetero) is 1. The molecule has 0 aromatic heterocycles. The lowest BCUT2D eigenvalue weighted by molar-refractivity contribution is 0.00407. The molecule has 134 valence electrons. The van der Waals surface area contributed by atoms with Crippen LogP contribution in [0.5, 0.6) is 5.75 Å². The predicted octanol–water partition coefficient (Wildman–Crippen LogP) is 4.54. The first kappa shape index (κ1) is 17.3. The molecule has 1 N–H and O–H groups in total. The van der Waals surface area contributed by atoms with Gasteiger partial charge in [0.25, 0.3) is 0 Å². The minimum Gasteiger partial charge on any atom is -0.486 e. The minimum atomic E-state index is -0.409. The van der Waals surface area contributed by atoms with Gasteiger partial charge in [0.1, 0.15) is 11.4 Å². The van der Waals surface area contributed by atoms with Crippen molar-refractivity contribution in [3.8, 4) is 5.75 Å². The van der Waals surface area contributed by atoms with Crippen molar-refractivity contribution in [2.24, 2.45) is 0 Å². The second-order valence-corrected chi connectivity index (χ2v) is 7.63. The van der Waals surface area contributed by atoms with Crippen LogP contribution in [0.2, 0.25) is 5.02 Å². The Hall–Kier alpha value is -2.11. The number of benzene rings is 2. The number of piperidine rings is 1. The number of nitrogens with one attached hydrogen (secondary N) is 1. The zero-order valence-electron chi connectivity index (χ0n) is 14.2. The van der Waals surface area contributed by atoms with E-state index >= 15 is 0 Å². The van der Waals surface area contributed by atoms with Crippen molar-refractivity contribution in [2.45, 2.75) is 24.9 Å². The van der Waals surface area contributed by atoms with Crippen LogP contribution < -0.4 is 10.1 Å². The number of ketones is 1. The van der Waals surface area contributed by atoms with Crippen LogP contribution in [0.1, 0.15) is 29.6 Å². The van der Waals surface area contributed by atoms with Crippen LogP contribution in [0.4, 0.5) is 5.69 Å². The summed E-state index contributed by atoms with van der Waals surface area (Å²) in [5, 5.41) is 4.57. The third kappa shape index (κ3) is 3.41. The minimum absolute atomic E-state index is 0.167. The van der Waals surface area contributed by atoms with Crippen LogP contribution in [0.3, 0.4) is 0 Å². The number of halogens is 1. The molecule has 2 aromatic rings. The van der Waals surface area contributed by atoms with Crippen molar-refractivity contribution in [2.75, 3.05) is 18.4 Å². The molecular formula is C20H19ClN2O2S. The first-order chi connectivity index (χ1) is 12.5. The summed E-state index contributed by atoms with van der Waals surface area (Å²) >= 11 is 11.6. The quantitative estimate of drug-likeness (QED) is 0.729. The van der Waals surface area contributed by atoms with E-state index in [1.54, 1.807) is 0 Å². The summed E-state index contributed by atoms with van der Waals surface area (Å²) in [6.45, 7) is 1.50. The van der Waals surface area contributed by atoms with Gasteiger partial charge < -0.3 is 15.0 Å². The van der Waals surface area contributed by atoms with E-state index < -0.39 is 5.60 Å². The second-order valence-electron chi connectivity index (χ2n) is 6.81. The van der Waals surface area contributed by atoms with E-state index in [1.165, 1.54) is 0 Å². The Morgan fingerprint density at radius 3 is 2.69 bits per heavy atom.